The maximum atomic E-state index is 13.3. The SMILES string of the molecule is C/C(=C/c1cccc(Cl)c1F)CCl. The third-order valence-corrected chi connectivity index (χ3v) is 2.31. The molecule has 0 atom stereocenters. The topological polar surface area (TPSA) is 0 Å². The van der Waals surface area contributed by atoms with Crippen LogP contribution in [0.25, 0.3) is 6.08 Å². The van der Waals surface area contributed by atoms with Gasteiger partial charge < -0.3 is 0 Å². The van der Waals surface area contributed by atoms with Gasteiger partial charge in [-0.05, 0) is 13.0 Å². The van der Waals surface area contributed by atoms with Crippen molar-refractivity contribution in [3.8, 4) is 0 Å². The lowest BCUT2D eigenvalue weighted by Gasteiger charge is -2.00. The summed E-state index contributed by atoms with van der Waals surface area (Å²) in [6.45, 7) is 1.84. The lowest BCUT2D eigenvalue weighted by molar-refractivity contribution is 0.625. The molecule has 0 fully saturated rings. The number of hydrogen-bond donors (Lipinski definition) is 0. The molecule has 0 amide bonds. The van der Waals surface area contributed by atoms with Crippen molar-refractivity contribution in [2.45, 2.75) is 6.92 Å². The van der Waals surface area contributed by atoms with E-state index in [1.165, 1.54) is 6.07 Å². The largest absolute Gasteiger partial charge is 0.205 e. The Morgan fingerprint density at radius 1 is 1.54 bits per heavy atom. The van der Waals surface area contributed by atoms with E-state index in [0.29, 0.717) is 11.4 Å². The van der Waals surface area contributed by atoms with E-state index in [-0.39, 0.29) is 5.02 Å². The van der Waals surface area contributed by atoms with Crippen LogP contribution in [0.2, 0.25) is 5.02 Å². The van der Waals surface area contributed by atoms with Gasteiger partial charge in [0.25, 0.3) is 0 Å². The Balaban J connectivity index is 3.09. The van der Waals surface area contributed by atoms with Crippen molar-refractivity contribution < 1.29 is 4.39 Å². The van der Waals surface area contributed by atoms with E-state index in [4.69, 9.17) is 23.2 Å². The molecule has 0 aromatic heterocycles. The van der Waals surface area contributed by atoms with Crippen LogP contribution in [-0.4, -0.2) is 5.88 Å². The summed E-state index contributed by atoms with van der Waals surface area (Å²) in [7, 11) is 0. The summed E-state index contributed by atoms with van der Waals surface area (Å²) in [5.74, 6) is 0.0000110. The van der Waals surface area contributed by atoms with E-state index in [0.717, 1.165) is 5.57 Å². The standard InChI is InChI=1S/C10H9Cl2F/c1-7(6-11)5-8-3-2-4-9(12)10(8)13/h2-5H,6H2,1H3/b7-5-. The van der Waals surface area contributed by atoms with Gasteiger partial charge in [-0.3, -0.25) is 0 Å². The van der Waals surface area contributed by atoms with Crippen molar-refractivity contribution in [3.05, 3.63) is 40.2 Å². The summed E-state index contributed by atoms with van der Waals surface area (Å²) in [6, 6.07) is 4.89. The number of alkyl halides is 1. The third-order valence-electron chi connectivity index (χ3n) is 1.59. The molecule has 0 aliphatic rings. The van der Waals surface area contributed by atoms with Crippen LogP contribution in [0.1, 0.15) is 12.5 Å². The molecule has 1 rings (SSSR count). The minimum absolute atomic E-state index is 0.135. The average molecular weight is 219 g/mol. The van der Waals surface area contributed by atoms with Crippen LogP contribution in [-0.2, 0) is 0 Å². The summed E-state index contributed by atoms with van der Waals surface area (Å²) < 4.78 is 13.3. The molecule has 0 N–H and O–H groups in total. The molecule has 70 valence electrons. The fourth-order valence-electron chi connectivity index (χ4n) is 0.936. The summed E-state index contributed by atoms with van der Waals surface area (Å²) >= 11 is 11.2. The molecule has 0 unspecified atom stereocenters. The molecule has 0 nitrogen and oxygen atoms in total. The number of halogens is 3. The van der Waals surface area contributed by atoms with Gasteiger partial charge in [0.05, 0.1) is 5.02 Å². The second kappa shape index (κ2) is 4.64. The van der Waals surface area contributed by atoms with E-state index in [2.05, 4.69) is 0 Å². The Morgan fingerprint density at radius 3 is 2.85 bits per heavy atom. The monoisotopic (exact) mass is 218 g/mol. The minimum Gasteiger partial charge on any atom is -0.205 e. The lowest BCUT2D eigenvalue weighted by Crippen LogP contribution is -1.85. The quantitative estimate of drug-likeness (QED) is 0.656. The van der Waals surface area contributed by atoms with Crippen LogP contribution in [0.15, 0.2) is 23.8 Å². The van der Waals surface area contributed by atoms with Gasteiger partial charge >= 0.3 is 0 Å². The van der Waals surface area contributed by atoms with Gasteiger partial charge in [-0.2, -0.15) is 0 Å². The lowest BCUT2D eigenvalue weighted by atomic mass is 10.1. The molecule has 1 aromatic carbocycles. The van der Waals surface area contributed by atoms with Crippen molar-refractivity contribution in [1.82, 2.24) is 0 Å². The Labute approximate surface area is 87.0 Å². The summed E-state index contributed by atoms with van der Waals surface area (Å²) in [5.41, 5.74) is 1.38. The molecule has 0 bridgehead atoms. The normalized spacial score (nSPS) is 11.8. The number of hydrogen-bond acceptors (Lipinski definition) is 0. The van der Waals surface area contributed by atoms with Crippen LogP contribution in [0.5, 0.6) is 0 Å². The highest BCUT2D eigenvalue weighted by Crippen LogP contribution is 2.20. The number of allylic oxidation sites excluding steroid dienone is 1. The molecule has 0 heterocycles. The molecular formula is C10H9Cl2F. The Kier molecular flexibility index (Phi) is 3.76. The van der Waals surface area contributed by atoms with Crippen LogP contribution in [0, 0.1) is 5.82 Å². The van der Waals surface area contributed by atoms with E-state index in [1.807, 2.05) is 6.92 Å². The predicted molar refractivity (Wildman–Crippen MR) is 55.8 cm³/mol. The number of rotatable bonds is 2. The van der Waals surface area contributed by atoms with Crippen molar-refractivity contribution in [3.63, 3.8) is 0 Å². The fraction of sp³-hybridized carbons (Fsp3) is 0.200. The van der Waals surface area contributed by atoms with Crippen molar-refractivity contribution in [2.75, 3.05) is 5.88 Å². The van der Waals surface area contributed by atoms with Gasteiger partial charge in [0.15, 0.2) is 0 Å². The number of benzene rings is 1. The van der Waals surface area contributed by atoms with Crippen LogP contribution < -0.4 is 0 Å². The first-order valence-corrected chi connectivity index (χ1v) is 4.73. The van der Waals surface area contributed by atoms with Crippen molar-refractivity contribution in [1.29, 1.82) is 0 Å². The minimum atomic E-state index is -0.395. The zero-order valence-corrected chi connectivity index (χ0v) is 8.66. The van der Waals surface area contributed by atoms with Gasteiger partial charge in [0, 0.05) is 11.4 Å². The first-order chi connectivity index (χ1) is 6.15. The van der Waals surface area contributed by atoms with Gasteiger partial charge in [0.2, 0.25) is 0 Å². The molecule has 1 aromatic rings. The summed E-state index contributed by atoms with van der Waals surface area (Å²) in [5, 5.41) is 0.135. The highest BCUT2D eigenvalue weighted by atomic mass is 35.5. The van der Waals surface area contributed by atoms with Crippen LogP contribution in [0.4, 0.5) is 4.39 Å². The highest BCUT2D eigenvalue weighted by Gasteiger charge is 2.03. The first-order valence-electron chi connectivity index (χ1n) is 3.82. The zero-order chi connectivity index (χ0) is 9.84. The predicted octanol–water partition coefficient (Wildman–Crippen LogP) is 4.12. The van der Waals surface area contributed by atoms with Crippen LogP contribution in [0.3, 0.4) is 0 Å². The second-order valence-electron chi connectivity index (χ2n) is 2.77. The molecular weight excluding hydrogens is 210 g/mol. The molecule has 0 saturated carbocycles. The Morgan fingerprint density at radius 2 is 2.23 bits per heavy atom. The third kappa shape index (κ3) is 2.71. The molecule has 0 radical (unpaired) electrons. The van der Waals surface area contributed by atoms with E-state index in [1.54, 1.807) is 18.2 Å². The second-order valence-corrected chi connectivity index (χ2v) is 3.44. The van der Waals surface area contributed by atoms with Crippen molar-refractivity contribution >= 4 is 29.3 Å². The molecule has 13 heavy (non-hydrogen) atoms. The fourth-order valence-corrected chi connectivity index (χ4v) is 1.19. The average Bonchev–Trinajstić information content (AvgIpc) is 2.13. The van der Waals surface area contributed by atoms with Gasteiger partial charge in [-0.25, -0.2) is 4.39 Å². The van der Waals surface area contributed by atoms with Gasteiger partial charge in [-0.15, -0.1) is 11.6 Å². The first kappa shape index (κ1) is 10.6. The van der Waals surface area contributed by atoms with Crippen molar-refractivity contribution in [2.24, 2.45) is 0 Å². The van der Waals surface area contributed by atoms with E-state index in [9.17, 15) is 4.39 Å². The molecule has 3 heteroatoms. The van der Waals surface area contributed by atoms with E-state index < -0.39 is 5.82 Å². The summed E-state index contributed by atoms with van der Waals surface area (Å²) in [4.78, 5) is 0. The zero-order valence-electron chi connectivity index (χ0n) is 7.15. The molecule has 0 aliphatic heterocycles. The molecule has 0 saturated heterocycles. The highest BCUT2D eigenvalue weighted by molar-refractivity contribution is 6.30. The summed E-state index contributed by atoms with van der Waals surface area (Å²) in [6.07, 6.45) is 1.69. The maximum absolute atomic E-state index is 13.3. The van der Waals surface area contributed by atoms with Gasteiger partial charge in [-0.1, -0.05) is 35.4 Å². The van der Waals surface area contributed by atoms with Crippen LogP contribution >= 0.6 is 23.2 Å². The Bertz CT molecular complexity index is 332. The van der Waals surface area contributed by atoms with E-state index >= 15 is 0 Å². The van der Waals surface area contributed by atoms with Gasteiger partial charge in [0.1, 0.15) is 5.82 Å². The Hall–Kier alpha value is -0.530. The molecule has 0 aliphatic carbocycles. The smallest absolute Gasteiger partial charge is 0.148 e. The maximum Gasteiger partial charge on any atom is 0.148 e. The molecule has 0 spiro atoms.